The quantitative estimate of drug-likeness (QED) is 0.685. The summed E-state index contributed by atoms with van der Waals surface area (Å²) in [5, 5.41) is 13.8. The third kappa shape index (κ3) is 5.02. The van der Waals surface area contributed by atoms with Crippen LogP contribution in [0, 0.1) is 5.92 Å². The molecule has 1 aromatic heterocycles. The summed E-state index contributed by atoms with van der Waals surface area (Å²) in [5.74, 6) is 0.248. The standard InChI is InChI=1S/C21H25N3O/c1-18(17-25)14-23(15-19-7-3-2-4-8-19)16-20-9-5-10-21(13-20)24-12-6-11-22-24/h2-13,18,25H,14-17H2,1H3. The van der Waals surface area contributed by atoms with Crippen LogP contribution in [0.25, 0.3) is 5.69 Å². The molecule has 25 heavy (non-hydrogen) atoms. The average molecular weight is 335 g/mol. The molecule has 0 amide bonds. The lowest BCUT2D eigenvalue weighted by molar-refractivity contribution is 0.163. The molecule has 2 aromatic carbocycles. The Morgan fingerprint density at radius 2 is 1.76 bits per heavy atom. The Labute approximate surface area is 149 Å². The molecule has 1 heterocycles. The van der Waals surface area contributed by atoms with Crippen LogP contribution >= 0.6 is 0 Å². The summed E-state index contributed by atoms with van der Waals surface area (Å²) in [7, 11) is 0. The van der Waals surface area contributed by atoms with E-state index in [4.69, 9.17) is 0 Å². The summed E-state index contributed by atoms with van der Waals surface area (Å²) in [6.07, 6.45) is 3.74. The number of aliphatic hydroxyl groups is 1. The van der Waals surface area contributed by atoms with Crippen molar-refractivity contribution < 1.29 is 5.11 Å². The van der Waals surface area contributed by atoms with Crippen molar-refractivity contribution >= 4 is 0 Å². The van der Waals surface area contributed by atoms with Gasteiger partial charge in [0.2, 0.25) is 0 Å². The smallest absolute Gasteiger partial charge is 0.0648 e. The number of hydrogen-bond donors (Lipinski definition) is 1. The first-order valence-electron chi connectivity index (χ1n) is 8.70. The molecular weight excluding hydrogens is 310 g/mol. The van der Waals surface area contributed by atoms with Crippen LogP contribution in [0.4, 0.5) is 0 Å². The fraction of sp³-hybridized carbons (Fsp3) is 0.286. The lowest BCUT2D eigenvalue weighted by atomic mass is 10.1. The van der Waals surface area contributed by atoms with E-state index in [0.29, 0.717) is 0 Å². The minimum atomic E-state index is 0.207. The summed E-state index contributed by atoms with van der Waals surface area (Å²) in [4.78, 5) is 2.39. The molecule has 0 spiro atoms. The molecule has 0 saturated heterocycles. The van der Waals surface area contributed by atoms with Gasteiger partial charge in [-0.1, -0.05) is 49.4 Å². The van der Waals surface area contributed by atoms with Crippen LogP contribution in [0.2, 0.25) is 0 Å². The van der Waals surface area contributed by atoms with Gasteiger partial charge in [-0.15, -0.1) is 0 Å². The van der Waals surface area contributed by atoms with Gasteiger partial charge in [-0.25, -0.2) is 4.68 Å². The minimum absolute atomic E-state index is 0.207. The highest BCUT2D eigenvalue weighted by molar-refractivity contribution is 5.35. The van der Waals surface area contributed by atoms with Crippen LogP contribution in [0.5, 0.6) is 0 Å². The highest BCUT2D eigenvalue weighted by atomic mass is 16.3. The SMILES string of the molecule is CC(CO)CN(Cc1ccccc1)Cc1cccc(-n2cccn2)c1. The number of hydrogen-bond acceptors (Lipinski definition) is 3. The number of rotatable bonds is 8. The lowest BCUT2D eigenvalue weighted by Gasteiger charge is -2.25. The maximum atomic E-state index is 9.45. The van der Waals surface area contributed by atoms with Crippen LogP contribution in [-0.4, -0.2) is 32.9 Å². The van der Waals surface area contributed by atoms with Crippen LogP contribution in [0.3, 0.4) is 0 Å². The third-order valence-corrected chi connectivity index (χ3v) is 4.22. The Kier molecular flexibility index (Phi) is 5.99. The van der Waals surface area contributed by atoms with E-state index in [1.165, 1.54) is 11.1 Å². The molecule has 0 aliphatic carbocycles. The molecule has 4 nitrogen and oxygen atoms in total. The van der Waals surface area contributed by atoms with Gasteiger partial charge in [-0.05, 0) is 35.2 Å². The molecule has 1 unspecified atom stereocenters. The zero-order valence-electron chi connectivity index (χ0n) is 14.6. The van der Waals surface area contributed by atoms with Gasteiger partial charge >= 0.3 is 0 Å². The average Bonchev–Trinajstić information content (AvgIpc) is 3.17. The first-order chi connectivity index (χ1) is 12.2. The van der Waals surface area contributed by atoms with Crippen molar-refractivity contribution in [3.05, 3.63) is 84.2 Å². The Bertz CT molecular complexity index is 756. The van der Waals surface area contributed by atoms with E-state index in [1.807, 2.05) is 23.0 Å². The summed E-state index contributed by atoms with van der Waals surface area (Å²) in [6.45, 7) is 4.86. The zero-order valence-corrected chi connectivity index (χ0v) is 14.6. The van der Waals surface area contributed by atoms with Gasteiger partial charge in [0.1, 0.15) is 0 Å². The van der Waals surface area contributed by atoms with Gasteiger partial charge in [0.15, 0.2) is 0 Å². The topological polar surface area (TPSA) is 41.3 Å². The molecule has 0 aliphatic rings. The molecule has 4 heteroatoms. The molecule has 0 saturated carbocycles. The van der Waals surface area contributed by atoms with Crippen molar-refractivity contribution in [2.75, 3.05) is 13.2 Å². The maximum absolute atomic E-state index is 9.45. The fourth-order valence-corrected chi connectivity index (χ4v) is 3.00. The van der Waals surface area contributed by atoms with E-state index in [9.17, 15) is 5.11 Å². The van der Waals surface area contributed by atoms with E-state index in [0.717, 1.165) is 25.3 Å². The molecule has 0 radical (unpaired) electrons. The molecular formula is C21H25N3O. The Hall–Kier alpha value is -2.43. The van der Waals surface area contributed by atoms with E-state index in [1.54, 1.807) is 6.20 Å². The van der Waals surface area contributed by atoms with Crippen LogP contribution < -0.4 is 0 Å². The first-order valence-corrected chi connectivity index (χ1v) is 8.70. The van der Waals surface area contributed by atoms with Gasteiger partial charge in [-0.3, -0.25) is 4.90 Å². The van der Waals surface area contributed by atoms with Gasteiger partial charge < -0.3 is 5.11 Å². The summed E-state index contributed by atoms with van der Waals surface area (Å²) in [6, 6.07) is 20.9. The number of benzene rings is 2. The molecule has 3 rings (SSSR count). The zero-order chi connectivity index (χ0) is 17.5. The minimum Gasteiger partial charge on any atom is -0.396 e. The Morgan fingerprint density at radius 1 is 1.00 bits per heavy atom. The van der Waals surface area contributed by atoms with Crippen LogP contribution in [-0.2, 0) is 13.1 Å². The highest BCUT2D eigenvalue weighted by Gasteiger charge is 2.12. The first kappa shape index (κ1) is 17.4. The normalized spacial score (nSPS) is 12.4. The summed E-state index contributed by atoms with van der Waals surface area (Å²) in [5.41, 5.74) is 3.60. The molecule has 130 valence electrons. The molecule has 3 aromatic rings. The number of nitrogens with zero attached hydrogens (tertiary/aromatic N) is 3. The van der Waals surface area contributed by atoms with Crippen molar-refractivity contribution in [3.63, 3.8) is 0 Å². The van der Waals surface area contributed by atoms with Crippen molar-refractivity contribution in [2.24, 2.45) is 5.92 Å². The van der Waals surface area contributed by atoms with Crippen molar-refractivity contribution in [3.8, 4) is 5.69 Å². The van der Waals surface area contributed by atoms with Crippen LogP contribution in [0.15, 0.2) is 73.1 Å². The number of aliphatic hydroxyl groups excluding tert-OH is 1. The van der Waals surface area contributed by atoms with Crippen molar-refractivity contribution in [2.45, 2.75) is 20.0 Å². The molecule has 1 N–H and O–H groups in total. The van der Waals surface area contributed by atoms with E-state index < -0.39 is 0 Å². The van der Waals surface area contributed by atoms with Gasteiger partial charge in [-0.2, -0.15) is 5.10 Å². The molecule has 0 aliphatic heterocycles. The fourth-order valence-electron chi connectivity index (χ4n) is 3.00. The second-order valence-electron chi connectivity index (χ2n) is 6.56. The second-order valence-corrected chi connectivity index (χ2v) is 6.56. The lowest BCUT2D eigenvalue weighted by Crippen LogP contribution is -2.29. The molecule has 1 atom stereocenters. The Morgan fingerprint density at radius 3 is 2.48 bits per heavy atom. The summed E-state index contributed by atoms with van der Waals surface area (Å²) < 4.78 is 1.88. The predicted octanol–water partition coefficient (Wildman–Crippen LogP) is 3.50. The molecule has 0 bridgehead atoms. The van der Waals surface area contributed by atoms with E-state index in [2.05, 4.69) is 65.5 Å². The summed E-state index contributed by atoms with van der Waals surface area (Å²) >= 11 is 0. The second kappa shape index (κ2) is 8.60. The van der Waals surface area contributed by atoms with Crippen molar-refractivity contribution in [1.82, 2.24) is 14.7 Å². The van der Waals surface area contributed by atoms with E-state index >= 15 is 0 Å². The molecule has 0 fully saturated rings. The number of aromatic nitrogens is 2. The van der Waals surface area contributed by atoms with Gasteiger partial charge in [0.25, 0.3) is 0 Å². The maximum Gasteiger partial charge on any atom is 0.0648 e. The Balaban J connectivity index is 1.76. The monoisotopic (exact) mass is 335 g/mol. The largest absolute Gasteiger partial charge is 0.396 e. The van der Waals surface area contributed by atoms with Gasteiger partial charge in [0.05, 0.1) is 5.69 Å². The van der Waals surface area contributed by atoms with Crippen molar-refractivity contribution in [1.29, 1.82) is 0 Å². The highest BCUT2D eigenvalue weighted by Crippen LogP contribution is 2.15. The van der Waals surface area contributed by atoms with E-state index in [-0.39, 0.29) is 12.5 Å². The predicted molar refractivity (Wildman–Crippen MR) is 100 cm³/mol. The van der Waals surface area contributed by atoms with Gasteiger partial charge in [0, 0.05) is 38.6 Å². The third-order valence-electron chi connectivity index (χ3n) is 4.22. The van der Waals surface area contributed by atoms with Crippen LogP contribution in [0.1, 0.15) is 18.1 Å².